The van der Waals surface area contributed by atoms with Crippen molar-refractivity contribution in [3.05, 3.63) is 52.4 Å². The van der Waals surface area contributed by atoms with Crippen LogP contribution >= 0.6 is 23.2 Å². The average Bonchev–Trinajstić information content (AvgIpc) is 2.93. The van der Waals surface area contributed by atoms with Gasteiger partial charge in [-0.05, 0) is 37.3 Å². The quantitative estimate of drug-likeness (QED) is 0.886. The van der Waals surface area contributed by atoms with E-state index in [0.717, 1.165) is 10.7 Å². The van der Waals surface area contributed by atoms with Gasteiger partial charge in [-0.2, -0.15) is 0 Å². The van der Waals surface area contributed by atoms with Crippen molar-refractivity contribution in [2.45, 2.75) is 19.5 Å². The van der Waals surface area contributed by atoms with Crippen LogP contribution in [0.1, 0.15) is 12.7 Å². The fourth-order valence-corrected chi connectivity index (χ4v) is 2.35. The Hall–Kier alpha value is -1.49. The minimum absolute atomic E-state index is 0.108. The van der Waals surface area contributed by atoms with E-state index in [1.54, 1.807) is 24.5 Å². The number of hydrogen-bond acceptors (Lipinski definition) is 2. The first kappa shape index (κ1) is 15.9. The van der Waals surface area contributed by atoms with Crippen LogP contribution in [0.2, 0.25) is 10.0 Å². The van der Waals surface area contributed by atoms with Gasteiger partial charge in [-0.3, -0.25) is 4.79 Å². The molecule has 1 heterocycles. The van der Waals surface area contributed by atoms with Gasteiger partial charge >= 0.3 is 0 Å². The molecule has 0 aliphatic carbocycles. The first-order valence-electron chi connectivity index (χ1n) is 6.58. The normalized spacial score (nSPS) is 13.7. The van der Waals surface area contributed by atoms with E-state index >= 15 is 0 Å². The van der Waals surface area contributed by atoms with Crippen molar-refractivity contribution in [1.82, 2.24) is 0 Å². The van der Waals surface area contributed by atoms with E-state index in [-0.39, 0.29) is 11.9 Å². The van der Waals surface area contributed by atoms with Crippen LogP contribution in [0.5, 0.6) is 0 Å². The molecule has 2 rings (SSSR count). The number of hydrogen-bond donors (Lipinski definition) is 2. The van der Waals surface area contributed by atoms with Crippen LogP contribution in [-0.4, -0.2) is 19.0 Å². The van der Waals surface area contributed by atoms with Gasteiger partial charge < -0.3 is 14.6 Å². The molecule has 21 heavy (non-hydrogen) atoms. The molecule has 0 radical (unpaired) electrons. The monoisotopic (exact) mass is 327 g/mol. The molecular formula is C15H17Cl2N2O2+. The molecule has 6 heteroatoms. The predicted molar refractivity (Wildman–Crippen MR) is 83.9 cm³/mol. The maximum Gasteiger partial charge on any atom is 0.282 e. The molecule has 0 aliphatic rings. The van der Waals surface area contributed by atoms with Crippen molar-refractivity contribution in [1.29, 1.82) is 0 Å². The average molecular weight is 328 g/mol. The summed E-state index contributed by atoms with van der Waals surface area (Å²) in [6.07, 6.45) is 1.63. The second-order valence-corrected chi connectivity index (χ2v) is 5.78. The molecule has 0 bridgehead atoms. The highest BCUT2D eigenvalue weighted by Gasteiger charge is 2.23. The number of likely N-dealkylation sites (N-methyl/N-ethyl adjacent to an activating group) is 1. The van der Waals surface area contributed by atoms with Gasteiger partial charge in [0.15, 0.2) is 11.8 Å². The third-order valence-electron chi connectivity index (χ3n) is 3.35. The predicted octanol–water partition coefficient (Wildman–Crippen LogP) is 2.63. The van der Waals surface area contributed by atoms with Crippen molar-refractivity contribution in [3.8, 4) is 0 Å². The summed E-state index contributed by atoms with van der Waals surface area (Å²) in [4.78, 5) is 13.3. The first-order chi connectivity index (χ1) is 9.97. The molecular weight excluding hydrogens is 311 g/mol. The molecule has 2 atom stereocenters. The number of anilines is 1. The van der Waals surface area contributed by atoms with Gasteiger partial charge in [0.05, 0.1) is 24.0 Å². The van der Waals surface area contributed by atoms with E-state index in [2.05, 4.69) is 5.32 Å². The first-order valence-corrected chi connectivity index (χ1v) is 7.33. The number of carbonyl (C=O) groups excluding carboxylic acids is 1. The topological polar surface area (TPSA) is 46.7 Å². The van der Waals surface area contributed by atoms with Crippen LogP contribution in [0.4, 0.5) is 5.69 Å². The van der Waals surface area contributed by atoms with Crippen LogP contribution < -0.4 is 10.2 Å². The zero-order chi connectivity index (χ0) is 15.4. The zero-order valence-electron chi connectivity index (χ0n) is 11.8. The van der Waals surface area contributed by atoms with Crippen molar-refractivity contribution >= 4 is 34.8 Å². The lowest BCUT2D eigenvalue weighted by molar-refractivity contribution is -0.908. The number of furan rings is 1. The Balaban J connectivity index is 1.98. The van der Waals surface area contributed by atoms with Crippen molar-refractivity contribution in [2.24, 2.45) is 0 Å². The zero-order valence-corrected chi connectivity index (χ0v) is 13.3. The summed E-state index contributed by atoms with van der Waals surface area (Å²) in [5, 5.41) is 3.77. The molecule has 2 aromatic rings. The van der Waals surface area contributed by atoms with Crippen LogP contribution in [0.25, 0.3) is 0 Å². The van der Waals surface area contributed by atoms with Crippen LogP contribution in [0.15, 0.2) is 41.0 Å². The highest BCUT2D eigenvalue weighted by atomic mass is 35.5. The maximum absolute atomic E-state index is 12.3. The third-order valence-corrected chi connectivity index (χ3v) is 3.90. The van der Waals surface area contributed by atoms with E-state index in [4.69, 9.17) is 27.6 Å². The maximum atomic E-state index is 12.3. The Morgan fingerprint density at radius 1 is 1.38 bits per heavy atom. The highest BCUT2D eigenvalue weighted by Crippen LogP contribution is 2.25. The Morgan fingerprint density at radius 3 is 2.76 bits per heavy atom. The molecule has 1 aromatic carbocycles. The summed E-state index contributed by atoms with van der Waals surface area (Å²) in [6, 6.07) is 8.46. The van der Waals surface area contributed by atoms with E-state index < -0.39 is 0 Å². The summed E-state index contributed by atoms with van der Waals surface area (Å²) in [5.41, 5.74) is 0.559. The number of benzene rings is 1. The molecule has 0 saturated carbocycles. The molecule has 1 unspecified atom stereocenters. The largest absolute Gasteiger partial charge is 0.463 e. The van der Waals surface area contributed by atoms with Gasteiger partial charge in [-0.25, -0.2) is 0 Å². The highest BCUT2D eigenvalue weighted by molar-refractivity contribution is 6.36. The summed E-state index contributed by atoms with van der Waals surface area (Å²) in [6.45, 7) is 2.49. The molecule has 112 valence electrons. The van der Waals surface area contributed by atoms with Crippen LogP contribution in [0, 0.1) is 0 Å². The van der Waals surface area contributed by atoms with Gasteiger partial charge in [0, 0.05) is 5.02 Å². The molecule has 1 aromatic heterocycles. The van der Waals surface area contributed by atoms with Gasteiger partial charge in [0.1, 0.15) is 6.54 Å². The van der Waals surface area contributed by atoms with Gasteiger partial charge in [0.25, 0.3) is 5.91 Å². The molecule has 0 saturated heterocycles. The van der Waals surface area contributed by atoms with E-state index in [1.165, 1.54) is 0 Å². The Bertz CT molecular complexity index is 614. The minimum Gasteiger partial charge on any atom is -0.463 e. The lowest BCUT2D eigenvalue weighted by atomic mass is 10.2. The van der Waals surface area contributed by atoms with Gasteiger partial charge in [-0.15, -0.1) is 0 Å². The van der Waals surface area contributed by atoms with Crippen LogP contribution in [-0.2, 0) is 11.3 Å². The molecule has 1 amide bonds. The molecule has 2 N–H and O–H groups in total. The molecule has 0 spiro atoms. The molecule has 0 aliphatic heterocycles. The van der Waals surface area contributed by atoms with Crippen molar-refractivity contribution in [3.63, 3.8) is 0 Å². The number of halogens is 2. The van der Waals surface area contributed by atoms with Crippen LogP contribution in [0.3, 0.4) is 0 Å². The van der Waals surface area contributed by atoms with E-state index in [1.807, 2.05) is 26.1 Å². The minimum atomic E-state index is -0.248. The number of nitrogens with one attached hydrogen (secondary N) is 2. The summed E-state index contributed by atoms with van der Waals surface area (Å²) >= 11 is 11.9. The number of amides is 1. The van der Waals surface area contributed by atoms with Crippen molar-refractivity contribution < 1.29 is 14.1 Å². The van der Waals surface area contributed by atoms with E-state index in [9.17, 15) is 4.79 Å². The Kier molecular flexibility index (Phi) is 5.28. The number of rotatable bonds is 5. The van der Waals surface area contributed by atoms with Gasteiger partial charge in [0.2, 0.25) is 0 Å². The van der Waals surface area contributed by atoms with Gasteiger partial charge in [-0.1, -0.05) is 23.2 Å². The SMILES string of the molecule is C[C@H](C(=O)Nc1ccc(Cl)cc1Cl)[NH+](C)Cc1ccco1. The fraction of sp³-hybridized carbons (Fsp3) is 0.267. The smallest absolute Gasteiger partial charge is 0.282 e. The summed E-state index contributed by atoms with van der Waals surface area (Å²) in [7, 11) is 1.94. The van der Waals surface area contributed by atoms with E-state index in [0.29, 0.717) is 22.3 Å². The third kappa shape index (κ3) is 4.24. The standard InChI is InChI=1S/C15H16Cl2N2O2/c1-10(19(2)9-12-4-3-7-21-12)15(20)18-14-6-5-11(16)8-13(14)17/h3-8,10H,9H2,1-2H3,(H,18,20)/p+1/t10-/m1/s1. The lowest BCUT2D eigenvalue weighted by Crippen LogP contribution is -3.12. The number of quaternary nitrogens is 1. The fourth-order valence-electron chi connectivity index (χ4n) is 1.90. The second kappa shape index (κ2) is 6.98. The summed E-state index contributed by atoms with van der Waals surface area (Å²) < 4.78 is 5.30. The Morgan fingerprint density at radius 2 is 2.14 bits per heavy atom. The summed E-state index contributed by atoms with van der Waals surface area (Å²) in [5.74, 6) is 0.736. The number of carbonyl (C=O) groups is 1. The molecule has 4 nitrogen and oxygen atoms in total. The lowest BCUT2D eigenvalue weighted by Gasteiger charge is -2.20. The second-order valence-electron chi connectivity index (χ2n) is 4.94. The molecule has 0 fully saturated rings. The Labute approximate surface area is 133 Å². The van der Waals surface area contributed by atoms with Crippen molar-refractivity contribution in [2.75, 3.05) is 12.4 Å².